The zero-order chi connectivity index (χ0) is 12.4. The Hall–Kier alpha value is -1.36. The van der Waals surface area contributed by atoms with Crippen molar-refractivity contribution >= 4 is 5.97 Å². The van der Waals surface area contributed by atoms with Crippen LogP contribution in [0.3, 0.4) is 0 Å². The van der Waals surface area contributed by atoms with Crippen LogP contribution in [0.5, 0.6) is 0 Å². The van der Waals surface area contributed by atoms with Crippen molar-refractivity contribution in [2.45, 2.75) is 51.9 Å². The highest BCUT2D eigenvalue weighted by Crippen LogP contribution is 2.14. The maximum absolute atomic E-state index is 11.5. The molecule has 94 valence electrons. The van der Waals surface area contributed by atoms with Crippen molar-refractivity contribution in [1.29, 1.82) is 0 Å². The predicted molar refractivity (Wildman–Crippen MR) is 63.5 cm³/mol. The van der Waals surface area contributed by atoms with Gasteiger partial charge in [0.15, 0.2) is 0 Å². The zero-order valence-corrected chi connectivity index (χ0v) is 10.5. The van der Waals surface area contributed by atoms with Crippen molar-refractivity contribution in [2.24, 2.45) is 0 Å². The third kappa shape index (κ3) is 3.06. The number of cyclic esters (lactones) is 1. The first kappa shape index (κ1) is 12.1. The molecule has 1 N–H and O–H groups in total. The molecule has 1 aromatic heterocycles. The molecule has 0 saturated carbocycles. The van der Waals surface area contributed by atoms with Gasteiger partial charge in [0.05, 0.1) is 12.7 Å². The van der Waals surface area contributed by atoms with Crippen molar-refractivity contribution in [1.82, 2.24) is 15.1 Å². The normalized spacial score (nSPS) is 25.9. The molecule has 1 fully saturated rings. The number of hydrogen-bond acceptors (Lipinski definition) is 4. The summed E-state index contributed by atoms with van der Waals surface area (Å²) in [6, 6.07) is 0.0220. The topological polar surface area (TPSA) is 56.1 Å². The minimum atomic E-state index is -0.170. The fraction of sp³-hybridized carbons (Fsp3) is 0.667. The molecule has 0 radical (unpaired) electrons. The van der Waals surface area contributed by atoms with Gasteiger partial charge in [-0.1, -0.05) is 0 Å². The molecule has 2 rings (SSSR count). The van der Waals surface area contributed by atoms with Crippen LogP contribution in [-0.2, 0) is 16.1 Å². The number of nitrogens with zero attached hydrogens (tertiary/aromatic N) is 2. The van der Waals surface area contributed by atoms with Gasteiger partial charge in [-0.15, -0.1) is 0 Å². The molecular formula is C12H19N3O2. The van der Waals surface area contributed by atoms with Crippen LogP contribution in [0.4, 0.5) is 0 Å². The molecule has 3 atom stereocenters. The highest BCUT2D eigenvalue weighted by atomic mass is 16.6. The minimum absolute atomic E-state index is 0.0270. The molecule has 1 aliphatic heterocycles. The molecule has 5 nitrogen and oxygen atoms in total. The predicted octanol–water partition coefficient (Wildman–Crippen LogP) is 0.874. The van der Waals surface area contributed by atoms with Crippen LogP contribution in [0.2, 0.25) is 0 Å². The molecule has 2 heterocycles. The van der Waals surface area contributed by atoms with Gasteiger partial charge < -0.3 is 4.74 Å². The van der Waals surface area contributed by atoms with Crippen LogP contribution in [-0.4, -0.2) is 33.9 Å². The summed E-state index contributed by atoms with van der Waals surface area (Å²) in [6.07, 6.45) is 4.60. The van der Waals surface area contributed by atoms with Gasteiger partial charge in [0, 0.05) is 18.7 Å². The molecule has 0 bridgehead atoms. The third-order valence-electron chi connectivity index (χ3n) is 2.88. The second-order valence-corrected chi connectivity index (χ2v) is 4.84. The van der Waals surface area contributed by atoms with Gasteiger partial charge in [0.2, 0.25) is 0 Å². The zero-order valence-electron chi connectivity index (χ0n) is 10.5. The molecule has 0 spiro atoms. The van der Waals surface area contributed by atoms with Gasteiger partial charge in [-0.25, -0.2) is 0 Å². The van der Waals surface area contributed by atoms with E-state index in [0.717, 1.165) is 18.5 Å². The first-order valence-corrected chi connectivity index (χ1v) is 6.00. The molecule has 1 saturated heterocycles. The maximum atomic E-state index is 11.5. The largest absolute Gasteiger partial charge is 0.461 e. The summed E-state index contributed by atoms with van der Waals surface area (Å²) < 4.78 is 6.99. The average molecular weight is 237 g/mol. The summed E-state index contributed by atoms with van der Waals surface area (Å²) in [6.45, 7) is 6.73. The summed E-state index contributed by atoms with van der Waals surface area (Å²) in [5, 5.41) is 7.51. The molecular weight excluding hydrogens is 218 g/mol. The van der Waals surface area contributed by atoms with Gasteiger partial charge in [-0.3, -0.25) is 14.8 Å². The highest BCUT2D eigenvalue weighted by Gasteiger charge is 2.32. The SMILES string of the molecule is Cc1cnn(C[C@H](C)N[C@H]2C[C@H](C)OC2=O)c1. The van der Waals surface area contributed by atoms with E-state index in [0.29, 0.717) is 0 Å². The van der Waals surface area contributed by atoms with Gasteiger partial charge >= 0.3 is 5.97 Å². The summed E-state index contributed by atoms with van der Waals surface area (Å²) in [7, 11) is 0. The molecule has 0 amide bonds. The monoisotopic (exact) mass is 237 g/mol. The quantitative estimate of drug-likeness (QED) is 0.790. The van der Waals surface area contributed by atoms with E-state index in [1.165, 1.54) is 0 Å². The summed E-state index contributed by atoms with van der Waals surface area (Å²) in [5.74, 6) is -0.138. The number of aryl methyl sites for hydroxylation is 1. The van der Waals surface area contributed by atoms with Crippen LogP contribution in [0.25, 0.3) is 0 Å². The van der Waals surface area contributed by atoms with Crippen molar-refractivity contribution in [3.63, 3.8) is 0 Å². The standard InChI is InChI=1S/C12H19N3O2/c1-8-5-13-15(6-8)7-9(2)14-11-4-10(3)17-12(11)16/h5-6,9-11,14H,4,7H2,1-3H3/t9-,10-,11-/m0/s1. The Balaban J connectivity index is 1.85. The van der Waals surface area contributed by atoms with E-state index in [1.807, 2.05) is 37.8 Å². The van der Waals surface area contributed by atoms with Crippen LogP contribution < -0.4 is 5.32 Å². The number of nitrogens with one attached hydrogen (secondary N) is 1. The Bertz CT molecular complexity index is 402. The third-order valence-corrected chi connectivity index (χ3v) is 2.88. The Kier molecular flexibility index (Phi) is 3.47. The molecule has 1 aliphatic rings. The lowest BCUT2D eigenvalue weighted by Gasteiger charge is -2.16. The van der Waals surface area contributed by atoms with Crippen molar-refractivity contribution in [3.05, 3.63) is 18.0 Å². The molecule has 5 heteroatoms. The van der Waals surface area contributed by atoms with Gasteiger partial charge in [0.1, 0.15) is 12.1 Å². The summed E-state index contributed by atoms with van der Waals surface area (Å²) in [5.41, 5.74) is 1.14. The van der Waals surface area contributed by atoms with Crippen LogP contribution in [0.1, 0.15) is 25.8 Å². The Morgan fingerprint density at radius 2 is 2.47 bits per heavy atom. The maximum Gasteiger partial charge on any atom is 0.323 e. The fourth-order valence-corrected chi connectivity index (χ4v) is 2.14. The van der Waals surface area contributed by atoms with E-state index in [2.05, 4.69) is 10.4 Å². The summed E-state index contributed by atoms with van der Waals surface area (Å²) >= 11 is 0. The second-order valence-electron chi connectivity index (χ2n) is 4.84. The molecule has 0 aliphatic carbocycles. The van der Waals surface area contributed by atoms with E-state index in [1.54, 1.807) is 0 Å². The van der Waals surface area contributed by atoms with Crippen molar-refractivity contribution in [3.8, 4) is 0 Å². The van der Waals surface area contributed by atoms with Gasteiger partial charge in [-0.05, 0) is 26.3 Å². The summed E-state index contributed by atoms with van der Waals surface area (Å²) in [4.78, 5) is 11.5. The molecule has 0 unspecified atom stereocenters. The van der Waals surface area contributed by atoms with Crippen molar-refractivity contribution in [2.75, 3.05) is 0 Å². The molecule has 0 aromatic carbocycles. The van der Waals surface area contributed by atoms with Crippen LogP contribution >= 0.6 is 0 Å². The number of carbonyl (C=O) groups is 1. The number of hydrogen-bond donors (Lipinski definition) is 1. The van der Waals surface area contributed by atoms with E-state index < -0.39 is 0 Å². The Morgan fingerprint density at radius 1 is 1.71 bits per heavy atom. The number of ether oxygens (including phenoxy) is 1. The van der Waals surface area contributed by atoms with Crippen LogP contribution in [0.15, 0.2) is 12.4 Å². The lowest BCUT2D eigenvalue weighted by molar-refractivity contribution is -0.142. The van der Waals surface area contributed by atoms with E-state index in [4.69, 9.17) is 4.74 Å². The Labute approximate surface area is 101 Å². The average Bonchev–Trinajstić information content (AvgIpc) is 2.74. The molecule has 1 aromatic rings. The van der Waals surface area contributed by atoms with Gasteiger partial charge in [-0.2, -0.15) is 5.10 Å². The van der Waals surface area contributed by atoms with Crippen molar-refractivity contribution < 1.29 is 9.53 Å². The van der Waals surface area contributed by atoms with E-state index in [-0.39, 0.29) is 24.2 Å². The second kappa shape index (κ2) is 4.87. The van der Waals surface area contributed by atoms with Crippen LogP contribution in [0, 0.1) is 6.92 Å². The smallest absolute Gasteiger partial charge is 0.323 e. The minimum Gasteiger partial charge on any atom is -0.461 e. The first-order valence-electron chi connectivity index (χ1n) is 6.00. The lowest BCUT2D eigenvalue weighted by atomic mass is 10.1. The van der Waals surface area contributed by atoms with Gasteiger partial charge in [0.25, 0.3) is 0 Å². The number of carbonyl (C=O) groups excluding carboxylic acids is 1. The molecule has 17 heavy (non-hydrogen) atoms. The lowest BCUT2D eigenvalue weighted by Crippen LogP contribution is -2.41. The number of aromatic nitrogens is 2. The van der Waals surface area contributed by atoms with E-state index >= 15 is 0 Å². The Morgan fingerprint density at radius 3 is 3.00 bits per heavy atom. The fourth-order valence-electron chi connectivity index (χ4n) is 2.14. The highest BCUT2D eigenvalue weighted by molar-refractivity contribution is 5.77. The van der Waals surface area contributed by atoms with E-state index in [9.17, 15) is 4.79 Å². The number of esters is 1. The first-order chi connectivity index (χ1) is 8.04. The number of rotatable bonds is 4.